The fraction of sp³-hybridized carbons (Fsp3) is 0.100. The number of amides is 1. The number of pyridine rings is 1. The lowest BCUT2D eigenvalue weighted by molar-refractivity contribution is -0.119. The molecule has 6 heteroatoms. The van der Waals surface area contributed by atoms with Crippen LogP contribution in [0.4, 0.5) is 11.4 Å². The maximum atomic E-state index is 13.1. The minimum Gasteiger partial charge on any atom is -0.452 e. The molecule has 0 saturated carbocycles. The van der Waals surface area contributed by atoms with Crippen molar-refractivity contribution in [3.05, 3.63) is 103 Å². The minimum absolute atomic E-state index is 0.367. The Kier molecular flexibility index (Phi) is 6.33. The van der Waals surface area contributed by atoms with Crippen molar-refractivity contribution in [1.82, 2.24) is 4.98 Å². The molecular weight excluding hydrogens is 450 g/mol. The minimum atomic E-state index is -0.576. The predicted octanol–water partition coefficient (Wildman–Crippen LogP) is 5.92. The molecule has 0 bridgehead atoms. The second-order valence-electron chi connectivity index (χ2n) is 8.66. The monoisotopic (exact) mass is 475 g/mol. The first-order valence-electron chi connectivity index (χ1n) is 11.6. The molecule has 1 amide bonds. The molecule has 0 radical (unpaired) electrons. The SMILES string of the molecule is CN(C)c1ccc(NC(=O)COC(=O)c2cc(-c3cccc4ccccc34)nc3ccccc23)cc1. The third-order valence-corrected chi connectivity index (χ3v) is 6.00. The number of nitrogens with zero attached hydrogens (tertiary/aromatic N) is 2. The van der Waals surface area contributed by atoms with Gasteiger partial charge in [0, 0.05) is 36.4 Å². The highest BCUT2D eigenvalue weighted by Crippen LogP contribution is 2.30. The van der Waals surface area contributed by atoms with Gasteiger partial charge in [0.05, 0.1) is 16.8 Å². The zero-order valence-corrected chi connectivity index (χ0v) is 20.1. The zero-order valence-electron chi connectivity index (χ0n) is 20.1. The number of hydrogen-bond acceptors (Lipinski definition) is 5. The highest BCUT2D eigenvalue weighted by Gasteiger charge is 2.17. The Morgan fingerprint density at radius 2 is 1.53 bits per heavy atom. The van der Waals surface area contributed by atoms with E-state index in [1.165, 1.54) is 0 Å². The van der Waals surface area contributed by atoms with Gasteiger partial charge in [-0.3, -0.25) is 4.79 Å². The molecule has 178 valence electrons. The van der Waals surface area contributed by atoms with Crippen molar-refractivity contribution in [2.24, 2.45) is 0 Å². The standard InChI is InChI=1S/C30H25N3O3/c1-33(2)22-16-14-21(15-17-22)31-29(34)19-36-30(35)26-18-28(32-27-13-6-5-11-25(26)27)24-12-7-9-20-8-3-4-10-23(20)24/h3-18H,19H2,1-2H3,(H,31,34). The van der Waals surface area contributed by atoms with Crippen LogP contribution in [0, 0.1) is 0 Å². The number of hydrogen-bond donors (Lipinski definition) is 1. The van der Waals surface area contributed by atoms with E-state index in [-0.39, 0.29) is 0 Å². The summed E-state index contributed by atoms with van der Waals surface area (Å²) in [6.07, 6.45) is 0. The van der Waals surface area contributed by atoms with Crippen molar-refractivity contribution in [2.45, 2.75) is 0 Å². The molecular formula is C30H25N3O3. The zero-order chi connectivity index (χ0) is 25.1. The van der Waals surface area contributed by atoms with Crippen molar-refractivity contribution in [2.75, 3.05) is 30.9 Å². The van der Waals surface area contributed by atoms with Crippen LogP contribution in [-0.2, 0) is 9.53 Å². The van der Waals surface area contributed by atoms with E-state index >= 15 is 0 Å². The van der Waals surface area contributed by atoms with Crippen molar-refractivity contribution >= 4 is 44.9 Å². The van der Waals surface area contributed by atoms with Gasteiger partial charge in [-0.05, 0) is 47.2 Å². The van der Waals surface area contributed by atoms with Gasteiger partial charge in [0.25, 0.3) is 5.91 Å². The Morgan fingerprint density at radius 3 is 2.31 bits per heavy atom. The second-order valence-corrected chi connectivity index (χ2v) is 8.66. The fourth-order valence-electron chi connectivity index (χ4n) is 4.18. The van der Waals surface area contributed by atoms with E-state index in [2.05, 4.69) is 5.32 Å². The Morgan fingerprint density at radius 1 is 0.833 bits per heavy atom. The van der Waals surface area contributed by atoms with Gasteiger partial charge < -0.3 is 15.0 Å². The number of para-hydroxylation sites is 1. The number of anilines is 2. The van der Waals surface area contributed by atoms with Crippen LogP contribution in [0.3, 0.4) is 0 Å². The Bertz CT molecular complexity index is 1570. The fourth-order valence-corrected chi connectivity index (χ4v) is 4.18. The van der Waals surface area contributed by atoms with Crippen LogP contribution in [0.1, 0.15) is 10.4 Å². The molecule has 4 aromatic carbocycles. The second kappa shape index (κ2) is 9.88. The van der Waals surface area contributed by atoms with E-state index in [0.717, 1.165) is 22.0 Å². The molecule has 0 spiro atoms. The third kappa shape index (κ3) is 4.74. The number of rotatable bonds is 6. The molecule has 0 unspecified atom stereocenters. The van der Waals surface area contributed by atoms with E-state index in [0.29, 0.717) is 27.8 Å². The van der Waals surface area contributed by atoms with E-state index in [1.807, 2.05) is 110 Å². The van der Waals surface area contributed by atoms with Crippen LogP contribution in [0.2, 0.25) is 0 Å². The molecule has 1 N–H and O–H groups in total. The lowest BCUT2D eigenvalue weighted by Gasteiger charge is -2.13. The predicted molar refractivity (Wildman–Crippen MR) is 144 cm³/mol. The van der Waals surface area contributed by atoms with Gasteiger partial charge in [0.15, 0.2) is 6.61 Å². The van der Waals surface area contributed by atoms with E-state index < -0.39 is 18.5 Å². The van der Waals surface area contributed by atoms with Crippen LogP contribution in [0.5, 0.6) is 0 Å². The first-order chi connectivity index (χ1) is 17.5. The smallest absolute Gasteiger partial charge is 0.339 e. The van der Waals surface area contributed by atoms with Crippen LogP contribution < -0.4 is 10.2 Å². The molecule has 0 saturated heterocycles. The summed E-state index contributed by atoms with van der Waals surface area (Å²) in [5.41, 5.74) is 4.29. The lowest BCUT2D eigenvalue weighted by atomic mass is 9.99. The number of ether oxygens (including phenoxy) is 1. The van der Waals surface area contributed by atoms with Gasteiger partial charge in [0.1, 0.15) is 0 Å². The first kappa shape index (κ1) is 23.1. The molecule has 0 aliphatic heterocycles. The molecule has 1 aromatic heterocycles. The van der Waals surface area contributed by atoms with Gasteiger partial charge >= 0.3 is 5.97 Å². The maximum absolute atomic E-state index is 13.1. The molecule has 0 aliphatic rings. The topological polar surface area (TPSA) is 71.5 Å². The molecule has 0 fully saturated rings. The average Bonchev–Trinajstić information content (AvgIpc) is 2.91. The molecule has 0 atom stereocenters. The van der Waals surface area contributed by atoms with Crippen LogP contribution in [-0.4, -0.2) is 37.6 Å². The highest BCUT2D eigenvalue weighted by atomic mass is 16.5. The molecule has 36 heavy (non-hydrogen) atoms. The lowest BCUT2D eigenvalue weighted by Crippen LogP contribution is -2.21. The van der Waals surface area contributed by atoms with Crippen LogP contribution in [0.25, 0.3) is 32.9 Å². The van der Waals surface area contributed by atoms with E-state index in [1.54, 1.807) is 6.07 Å². The number of carbonyl (C=O) groups excluding carboxylic acids is 2. The van der Waals surface area contributed by atoms with E-state index in [4.69, 9.17) is 9.72 Å². The van der Waals surface area contributed by atoms with Crippen molar-refractivity contribution in [1.29, 1.82) is 0 Å². The summed E-state index contributed by atoms with van der Waals surface area (Å²) in [5, 5.41) is 5.57. The summed E-state index contributed by atoms with van der Waals surface area (Å²) >= 11 is 0. The number of carbonyl (C=O) groups is 2. The largest absolute Gasteiger partial charge is 0.452 e. The Labute approximate surface area is 209 Å². The van der Waals surface area contributed by atoms with Gasteiger partial charge in [-0.25, -0.2) is 9.78 Å². The Balaban J connectivity index is 1.40. The quantitative estimate of drug-likeness (QED) is 0.309. The van der Waals surface area contributed by atoms with Gasteiger partial charge in [-0.15, -0.1) is 0 Å². The van der Waals surface area contributed by atoms with E-state index in [9.17, 15) is 9.59 Å². The number of nitrogens with one attached hydrogen (secondary N) is 1. The van der Waals surface area contributed by atoms with Crippen LogP contribution in [0.15, 0.2) is 97.1 Å². The van der Waals surface area contributed by atoms with Crippen molar-refractivity contribution < 1.29 is 14.3 Å². The van der Waals surface area contributed by atoms with Crippen molar-refractivity contribution in [3.8, 4) is 11.3 Å². The van der Waals surface area contributed by atoms with Crippen molar-refractivity contribution in [3.63, 3.8) is 0 Å². The average molecular weight is 476 g/mol. The summed E-state index contributed by atoms with van der Waals surface area (Å²) < 4.78 is 5.42. The summed E-state index contributed by atoms with van der Waals surface area (Å²) in [7, 11) is 3.89. The molecule has 5 aromatic rings. The number of fused-ring (bicyclic) bond motifs is 2. The van der Waals surface area contributed by atoms with Gasteiger partial charge in [-0.1, -0.05) is 60.7 Å². The third-order valence-electron chi connectivity index (χ3n) is 6.00. The molecule has 0 aliphatic carbocycles. The number of esters is 1. The van der Waals surface area contributed by atoms with Gasteiger partial charge in [0.2, 0.25) is 0 Å². The number of aromatic nitrogens is 1. The summed E-state index contributed by atoms with van der Waals surface area (Å²) in [5.74, 6) is -0.984. The summed E-state index contributed by atoms with van der Waals surface area (Å²) in [4.78, 5) is 32.4. The normalized spacial score (nSPS) is 10.8. The molecule has 1 heterocycles. The summed E-state index contributed by atoms with van der Waals surface area (Å²) in [6, 6.07) is 30.6. The van der Waals surface area contributed by atoms with Crippen LogP contribution >= 0.6 is 0 Å². The van der Waals surface area contributed by atoms with Gasteiger partial charge in [-0.2, -0.15) is 0 Å². The molecule has 6 nitrogen and oxygen atoms in total. The molecule has 5 rings (SSSR count). The first-order valence-corrected chi connectivity index (χ1v) is 11.6. The number of benzene rings is 4. The Hall–Kier alpha value is -4.71. The maximum Gasteiger partial charge on any atom is 0.339 e. The summed E-state index contributed by atoms with van der Waals surface area (Å²) in [6.45, 7) is -0.394. The highest BCUT2D eigenvalue weighted by molar-refractivity contribution is 6.07.